The average molecular weight is 395 g/mol. The average Bonchev–Trinajstić information content (AvgIpc) is 2.59. The Kier molecular flexibility index (Phi) is 6.51. The third-order valence-corrected chi connectivity index (χ3v) is 4.35. The van der Waals surface area contributed by atoms with Crippen molar-refractivity contribution in [1.82, 2.24) is 0 Å². The first kappa shape index (κ1) is 19.6. The van der Waals surface area contributed by atoms with Gasteiger partial charge in [-0.3, -0.25) is 4.79 Å². The first-order valence-corrected chi connectivity index (χ1v) is 9.20. The number of carbonyl (C=O) groups is 2. The SMILES string of the molecule is NS(=O)(=O)c1cccc(NC(=O)COC(=O)/C=C/c2ccccc2Cl)c1. The minimum absolute atomic E-state index is 0.144. The van der Waals surface area contributed by atoms with Crippen molar-refractivity contribution in [3.8, 4) is 0 Å². The van der Waals surface area contributed by atoms with Gasteiger partial charge in [0, 0.05) is 16.8 Å². The Morgan fingerprint density at radius 1 is 1.15 bits per heavy atom. The summed E-state index contributed by atoms with van der Waals surface area (Å²) in [5, 5.41) is 7.91. The Bertz CT molecular complexity index is 957. The third-order valence-electron chi connectivity index (χ3n) is 3.10. The lowest BCUT2D eigenvalue weighted by molar-refractivity contribution is -0.142. The topological polar surface area (TPSA) is 116 Å². The van der Waals surface area contributed by atoms with E-state index in [-0.39, 0.29) is 10.6 Å². The summed E-state index contributed by atoms with van der Waals surface area (Å²) >= 11 is 5.95. The van der Waals surface area contributed by atoms with Crippen LogP contribution in [-0.2, 0) is 24.3 Å². The van der Waals surface area contributed by atoms with Gasteiger partial charge in [0.1, 0.15) is 0 Å². The van der Waals surface area contributed by atoms with Crippen LogP contribution in [0, 0.1) is 0 Å². The molecule has 0 spiro atoms. The Hall–Kier alpha value is -2.68. The third kappa shape index (κ3) is 5.99. The van der Waals surface area contributed by atoms with E-state index >= 15 is 0 Å². The fourth-order valence-electron chi connectivity index (χ4n) is 1.90. The predicted octanol–water partition coefficient (Wildman–Crippen LogP) is 2.18. The van der Waals surface area contributed by atoms with E-state index < -0.39 is 28.5 Å². The van der Waals surface area contributed by atoms with E-state index in [0.717, 1.165) is 6.08 Å². The van der Waals surface area contributed by atoms with Crippen LogP contribution in [0.3, 0.4) is 0 Å². The molecule has 0 unspecified atom stereocenters. The molecule has 136 valence electrons. The zero-order valence-corrected chi connectivity index (χ0v) is 15.0. The van der Waals surface area contributed by atoms with Gasteiger partial charge in [-0.25, -0.2) is 18.4 Å². The van der Waals surface area contributed by atoms with E-state index in [2.05, 4.69) is 5.32 Å². The first-order valence-electron chi connectivity index (χ1n) is 7.28. The summed E-state index contributed by atoms with van der Waals surface area (Å²) in [5.74, 6) is -1.35. The molecule has 1 amide bonds. The Morgan fingerprint density at radius 3 is 2.58 bits per heavy atom. The lowest BCUT2D eigenvalue weighted by Crippen LogP contribution is -2.20. The highest BCUT2D eigenvalue weighted by Crippen LogP contribution is 2.16. The van der Waals surface area contributed by atoms with Gasteiger partial charge in [0.25, 0.3) is 5.91 Å². The summed E-state index contributed by atoms with van der Waals surface area (Å²) in [7, 11) is -3.88. The molecule has 0 radical (unpaired) electrons. The number of nitrogens with two attached hydrogens (primary N) is 1. The molecule has 26 heavy (non-hydrogen) atoms. The van der Waals surface area contributed by atoms with E-state index in [1.54, 1.807) is 24.3 Å². The number of hydrogen-bond donors (Lipinski definition) is 2. The number of carbonyl (C=O) groups excluding carboxylic acids is 2. The fraction of sp³-hybridized carbons (Fsp3) is 0.0588. The van der Waals surface area contributed by atoms with Crippen molar-refractivity contribution in [2.45, 2.75) is 4.90 Å². The van der Waals surface area contributed by atoms with Crippen LogP contribution in [0.1, 0.15) is 5.56 Å². The fourth-order valence-corrected chi connectivity index (χ4v) is 2.66. The molecule has 0 atom stereocenters. The predicted molar refractivity (Wildman–Crippen MR) is 97.9 cm³/mol. The first-order chi connectivity index (χ1) is 12.3. The second-order valence-electron chi connectivity index (χ2n) is 5.08. The number of rotatable bonds is 6. The Balaban J connectivity index is 1.89. The van der Waals surface area contributed by atoms with Crippen molar-refractivity contribution >= 4 is 45.3 Å². The molecule has 9 heteroatoms. The van der Waals surface area contributed by atoms with Crippen LogP contribution in [0.2, 0.25) is 5.02 Å². The molecule has 2 aromatic carbocycles. The van der Waals surface area contributed by atoms with Gasteiger partial charge in [0.2, 0.25) is 10.0 Å². The van der Waals surface area contributed by atoms with Crippen LogP contribution in [-0.4, -0.2) is 26.9 Å². The smallest absolute Gasteiger partial charge is 0.331 e. The van der Waals surface area contributed by atoms with E-state index in [1.165, 1.54) is 30.3 Å². The van der Waals surface area contributed by atoms with E-state index in [4.69, 9.17) is 21.5 Å². The second-order valence-corrected chi connectivity index (χ2v) is 7.05. The van der Waals surface area contributed by atoms with Crippen LogP contribution < -0.4 is 10.5 Å². The zero-order valence-electron chi connectivity index (χ0n) is 13.4. The highest BCUT2D eigenvalue weighted by Gasteiger charge is 2.10. The maximum atomic E-state index is 11.8. The van der Waals surface area contributed by atoms with E-state index in [9.17, 15) is 18.0 Å². The minimum Gasteiger partial charge on any atom is -0.452 e. The largest absolute Gasteiger partial charge is 0.452 e. The number of halogens is 1. The standard InChI is InChI=1S/C17H15ClN2O5S/c18-15-7-2-1-4-12(15)8-9-17(22)25-11-16(21)20-13-5-3-6-14(10-13)26(19,23)24/h1-10H,11H2,(H,20,21)(H2,19,23,24)/b9-8+. The number of ether oxygens (including phenoxy) is 1. The highest BCUT2D eigenvalue weighted by molar-refractivity contribution is 7.89. The second kappa shape index (κ2) is 8.61. The number of anilines is 1. The molecule has 0 aliphatic heterocycles. The summed E-state index contributed by atoms with van der Waals surface area (Å²) < 4.78 is 27.4. The van der Waals surface area contributed by atoms with Gasteiger partial charge < -0.3 is 10.1 Å². The van der Waals surface area contributed by atoms with E-state index in [1.807, 2.05) is 0 Å². The molecule has 0 fully saturated rings. The quantitative estimate of drug-likeness (QED) is 0.575. The maximum Gasteiger partial charge on any atom is 0.331 e. The van der Waals surface area contributed by atoms with Crippen LogP contribution in [0.15, 0.2) is 59.5 Å². The van der Waals surface area contributed by atoms with Gasteiger partial charge >= 0.3 is 5.97 Å². The van der Waals surface area contributed by atoms with Crippen molar-refractivity contribution < 1.29 is 22.7 Å². The molecular formula is C17H15ClN2O5S. The van der Waals surface area contributed by atoms with Crippen molar-refractivity contribution in [3.05, 3.63) is 65.2 Å². The minimum atomic E-state index is -3.88. The lowest BCUT2D eigenvalue weighted by Gasteiger charge is -2.06. The summed E-state index contributed by atoms with van der Waals surface area (Å²) in [6, 6.07) is 12.3. The van der Waals surface area contributed by atoms with Crippen LogP contribution in [0.4, 0.5) is 5.69 Å². The van der Waals surface area contributed by atoms with Crippen molar-refractivity contribution in [2.75, 3.05) is 11.9 Å². The van der Waals surface area contributed by atoms with Gasteiger partial charge in [-0.05, 0) is 35.9 Å². The van der Waals surface area contributed by atoms with Crippen LogP contribution in [0.25, 0.3) is 6.08 Å². The number of esters is 1. The molecule has 3 N–H and O–H groups in total. The Labute approximate surface area is 155 Å². The van der Waals surface area contributed by atoms with E-state index in [0.29, 0.717) is 10.6 Å². The number of sulfonamides is 1. The Morgan fingerprint density at radius 2 is 1.88 bits per heavy atom. The lowest BCUT2D eigenvalue weighted by atomic mass is 10.2. The molecule has 7 nitrogen and oxygen atoms in total. The van der Waals surface area contributed by atoms with Gasteiger partial charge in [0.15, 0.2) is 6.61 Å². The van der Waals surface area contributed by atoms with Crippen molar-refractivity contribution in [3.63, 3.8) is 0 Å². The molecule has 2 aromatic rings. The van der Waals surface area contributed by atoms with Crippen LogP contribution >= 0.6 is 11.6 Å². The van der Waals surface area contributed by atoms with Crippen molar-refractivity contribution in [1.29, 1.82) is 0 Å². The van der Waals surface area contributed by atoms with Gasteiger partial charge in [-0.1, -0.05) is 35.9 Å². The number of nitrogens with one attached hydrogen (secondary N) is 1. The molecule has 2 rings (SSSR count). The number of hydrogen-bond acceptors (Lipinski definition) is 5. The monoisotopic (exact) mass is 394 g/mol. The summed E-state index contributed by atoms with van der Waals surface area (Å²) in [5.41, 5.74) is 0.847. The molecule has 0 aliphatic rings. The molecule has 0 aliphatic carbocycles. The van der Waals surface area contributed by atoms with Gasteiger partial charge in [-0.15, -0.1) is 0 Å². The highest BCUT2D eigenvalue weighted by atomic mass is 35.5. The maximum absolute atomic E-state index is 11.8. The molecule has 0 aromatic heterocycles. The van der Waals surface area contributed by atoms with Crippen molar-refractivity contribution in [2.24, 2.45) is 5.14 Å². The zero-order chi connectivity index (χ0) is 19.2. The number of primary sulfonamides is 1. The summed E-state index contributed by atoms with van der Waals surface area (Å²) in [6.07, 6.45) is 2.62. The molecule has 0 bridgehead atoms. The number of amides is 1. The molecule has 0 saturated heterocycles. The molecular weight excluding hydrogens is 380 g/mol. The van der Waals surface area contributed by atoms with Crippen LogP contribution in [0.5, 0.6) is 0 Å². The molecule has 0 heterocycles. The summed E-state index contributed by atoms with van der Waals surface area (Å²) in [6.45, 7) is -0.536. The van der Waals surface area contributed by atoms with Gasteiger partial charge in [0.05, 0.1) is 4.90 Å². The number of benzene rings is 2. The normalized spacial score (nSPS) is 11.3. The van der Waals surface area contributed by atoms with Gasteiger partial charge in [-0.2, -0.15) is 0 Å². The summed E-state index contributed by atoms with van der Waals surface area (Å²) in [4.78, 5) is 23.3. The molecule has 0 saturated carbocycles.